The van der Waals surface area contributed by atoms with Gasteiger partial charge in [0.15, 0.2) is 0 Å². The van der Waals surface area contributed by atoms with Crippen LogP contribution in [0.15, 0.2) is 41.0 Å². The Morgan fingerprint density at radius 3 is 2.76 bits per heavy atom. The Morgan fingerprint density at radius 1 is 1.38 bits per heavy atom. The number of nitro groups is 1. The summed E-state index contributed by atoms with van der Waals surface area (Å²) in [7, 11) is 0. The minimum atomic E-state index is -0.508. The van der Waals surface area contributed by atoms with Crippen molar-refractivity contribution in [2.45, 2.75) is 18.9 Å². The number of carbonyl (C=O) groups is 1. The van der Waals surface area contributed by atoms with Gasteiger partial charge in [0, 0.05) is 22.8 Å². The number of nitrogens with zero attached hydrogens (tertiary/aromatic N) is 2. The van der Waals surface area contributed by atoms with Gasteiger partial charge < -0.3 is 9.88 Å². The van der Waals surface area contributed by atoms with Gasteiger partial charge in [0.05, 0.1) is 4.92 Å². The number of nitro benzene ring substituents is 1. The first-order valence-electron chi connectivity index (χ1n) is 6.48. The lowest BCUT2D eigenvalue weighted by Crippen LogP contribution is -2.17. The van der Waals surface area contributed by atoms with Crippen molar-refractivity contribution in [3.63, 3.8) is 0 Å². The van der Waals surface area contributed by atoms with Gasteiger partial charge in [0.1, 0.15) is 11.4 Å². The molecule has 0 bridgehead atoms. The standard InChI is InChI=1S/C14H12BrN3O3/c15-9-7-13(17(8-9)10-5-6-10)14(19)16-11-3-1-2-4-12(11)18(20)21/h1-4,7-8,10H,5-6H2,(H,16,19). The quantitative estimate of drug-likeness (QED) is 0.674. The number of anilines is 1. The second-order valence-corrected chi connectivity index (χ2v) is 5.83. The van der Waals surface area contributed by atoms with Gasteiger partial charge in [-0.2, -0.15) is 0 Å². The summed E-state index contributed by atoms with van der Waals surface area (Å²) in [5.74, 6) is -0.345. The molecule has 0 atom stereocenters. The Balaban J connectivity index is 1.89. The predicted octanol–water partition coefficient (Wildman–Crippen LogP) is 3.75. The van der Waals surface area contributed by atoms with E-state index < -0.39 is 4.92 Å². The molecule has 1 aromatic heterocycles. The van der Waals surface area contributed by atoms with Crippen molar-refractivity contribution in [2.75, 3.05) is 5.32 Å². The molecule has 1 saturated carbocycles. The molecule has 1 aliphatic rings. The van der Waals surface area contributed by atoms with Gasteiger partial charge in [-0.25, -0.2) is 0 Å². The number of hydrogen-bond donors (Lipinski definition) is 1. The van der Waals surface area contributed by atoms with Crippen LogP contribution in [0.3, 0.4) is 0 Å². The number of hydrogen-bond acceptors (Lipinski definition) is 3. The highest BCUT2D eigenvalue weighted by Gasteiger charge is 2.28. The molecule has 0 spiro atoms. The summed E-state index contributed by atoms with van der Waals surface area (Å²) < 4.78 is 2.73. The zero-order valence-electron chi connectivity index (χ0n) is 11.0. The van der Waals surface area contributed by atoms with E-state index in [1.54, 1.807) is 18.2 Å². The molecular formula is C14H12BrN3O3. The van der Waals surface area contributed by atoms with Crippen LogP contribution in [0.4, 0.5) is 11.4 Å². The number of benzene rings is 1. The summed E-state index contributed by atoms with van der Waals surface area (Å²) in [6.45, 7) is 0. The lowest BCUT2D eigenvalue weighted by Gasteiger charge is -2.08. The van der Waals surface area contributed by atoms with E-state index in [0.29, 0.717) is 11.7 Å². The Hall–Kier alpha value is -2.15. The van der Waals surface area contributed by atoms with E-state index in [9.17, 15) is 14.9 Å². The minimum Gasteiger partial charge on any atom is -0.339 e. The molecule has 2 aromatic rings. The first-order chi connectivity index (χ1) is 10.1. The normalized spacial score (nSPS) is 14.0. The van der Waals surface area contributed by atoms with E-state index >= 15 is 0 Å². The highest BCUT2D eigenvalue weighted by molar-refractivity contribution is 9.10. The molecule has 1 aromatic carbocycles. The Labute approximate surface area is 129 Å². The number of halogens is 1. The van der Waals surface area contributed by atoms with E-state index in [4.69, 9.17) is 0 Å². The summed E-state index contributed by atoms with van der Waals surface area (Å²) in [5.41, 5.74) is 0.587. The van der Waals surface area contributed by atoms with Crippen molar-refractivity contribution in [2.24, 2.45) is 0 Å². The Morgan fingerprint density at radius 2 is 2.10 bits per heavy atom. The molecule has 1 N–H and O–H groups in total. The summed E-state index contributed by atoms with van der Waals surface area (Å²) in [6.07, 6.45) is 3.96. The fraction of sp³-hybridized carbons (Fsp3) is 0.214. The molecule has 1 aliphatic carbocycles. The van der Waals surface area contributed by atoms with Crippen molar-refractivity contribution < 1.29 is 9.72 Å². The average Bonchev–Trinajstić information content (AvgIpc) is 3.21. The maximum Gasteiger partial charge on any atom is 0.292 e. The molecule has 7 heteroatoms. The van der Waals surface area contributed by atoms with Crippen LogP contribution in [-0.2, 0) is 0 Å². The molecule has 1 heterocycles. The SMILES string of the molecule is O=C(Nc1ccccc1[N+](=O)[O-])c1cc(Br)cn1C1CC1. The van der Waals surface area contributed by atoms with Crippen LogP contribution >= 0.6 is 15.9 Å². The molecule has 1 fully saturated rings. The molecule has 0 radical (unpaired) electrons. The summed E-state index contributed by atoms with van der Waals surface area (Å²) in [5, 5.41) is 13.6. The van der Waals surface area contributed by atoms with Crippen molar-refractivity contribution in [3.8, 4) is 0 Å². The Kier molecular flexibility index (Phi) is 3.50. The van der Waals surface area contributed by atoms with Crippen LogP contribution in [0.1, 0.15) is 29.4 Å². The number of para-hydroxylation sites is 2. The average molecular weight is 350 g/mol. The van der Waals surface area contributed by atoms with Crippen LogP contribution in [-0.4, -0.2) is 15.4 Å². The fourth-order valence-corrected chi connectivity index (χ4v) is 2.64. The molecule has 0 saturated heterocycles. The summed E-state index contributed by atoms with van der Waals surface area (Å²) >= 11 is 3.36. The molecule has 0 unspecified atom stereocenters. The third-order valence-electron chi connectivity index (χ3n) is 3.34. The van der Waals surface area contributed by atoms with Gasteiger partial charge in [-0.05, 0) is 40.9 Å². The maximum atomic E-state index is 12.4. The predicted molar refractivity (Wildman–Crippen MR) is 81.5 cm³/mol. The largest absolute Gasteiger partial charge is 0.339 e. The molecule has 21 heavy (non-hydrogen) atoms. The van der Waals surface area contributed by atoms with Gasteiger partial charge in [-0.3, -0.25) is 14.9 Å². The summed E-state index contributed by atoms with van der Waals surface area (Å²) in [4.78, 5) is 22.8. The highest BCUT2D eigenvalue weighted by Crippen LogP contribution is 2.37. The third-order valence-corrected chi connectivity index (χ3v) is 3.77. The number of amides is 1. The zero-order chi connectivity index (χ0) is 15.0. The van der Waals surface area contributed by atoms with Crippen molar-refractivity contribution >= 4 is 33.2 Å². The van der Waals surface area contributed by atoms with Crippen molar-refractivity contribution in [3.05, 3.63) is 56.8 Å². The second-order valence-electron chi connectivity index (χ2n) is 4.91. The number of aromatic nitrogens is 1. The number of rotatable bonds is 4. The van der Waals surface area contributed by atoms with Gasteiger partial charge in [0.25, 0.3) is 11.6 Å². The molecule has 3 rings (SSSR count). The summed E-state index contributed by atoms with van der Waals surface area (Å²) in [6, 6.07) is 8.18. The lowest BCUT2D eigenvalue weighted by atomic mass is 10.2. The van der Waals surface area contributed by atoms with Crippen LogP contribution in [0, 0.1) is 10.1 Å². The van der Waals surface area contributed by atoms with E-state index in [-0.39, 0.29) is 17.3 Å². The monoisotopic (exact) mass is 349 g/mol. The molecule has 1 amide bonds. The Bertz CT molecular complexity index is 722. The molecule has 0 aliphatic heterocycles. The number of carbonyl (C=O) groups excluding carboxylic acids is 1. The van der Waals surface area contributed by atoms with E-state index in [1.807, 2.05) is 10.8 Å². The van der Waals surface area contributed by atoms with Gasteiger partial charge in [-0.1, -0.05) is 12.1 Å². The minimum absolute atomic E-state index is 0.116. The molecular weight excluding hydrogens is 338 g/mol. The van der Waals surface area contributed by atoms with Crippen LogP contribution in [0.5, 0.6) is 0 Å². The first kappa shape index (κ1) is 13.8. The zero-order valence-corrected chi connectivity index (χ0v) is 12.5. The van der Waals surface area contributed by atoms with Crippen LogP contribution in [0.2, 0.25) is 0 Å². The van der Waals surface area contributed by atoms with E-state index in [2.05, 4.69) is 21.2 Å². The van der Waals surface area contributed by atoms with Gasteiger partial charge >= 0.3 is 0 Å². The van der Waals surface area contributed by atoms with Crippen molar-refractivity contribution in [1.29, 1.82) is 0 Å². The first-order valence-corrected chi connectivity index (χ1v) is 7.27. The highest BCUT2D eigenvalue weighted by atomic mass is 79.9. The van der Waals surface area contributed by atoms with E-state index in [1.165, 1.54) is 12.1 Å². The smallest absolute Gasteiger partial charge is 0.292 e. The maximum absolute atomic E-state index is 12.4. The third kappa shape index (κ3) is 2.82. The number of nitrogens with one attached hydrogen (secondary N) is 1. The van der Waals surface area contributed by atoms with Crippen molar-refractivity contribution in [1.82, 2.24) is 4.57 Å². The van der Waals surface area contributed by atoms with E-state index in [0.717, 1.165) is 17.3 Å². The van der Waals surface area contributed by atoms with Gasteiger partial charge in [-0.15, -0.1) is 0 Å². The lowest BCUT2D eigenvalue weighted by molar-refractivity contribution is -0.383. The second kappa shape index (κ2) is 5.33. The molecule has 108 valence electrons. The topological polar surface area (TPSA) is 77.2 Å². The van der Waals surface area contributed by atoms with Crippen LogP contribution in [0.25, 0.3) is 0 Å². The van der Waals surface area contributed by atoms with Gasteiger partial charge in [0.2, 0.25) is 0 Å². The van der Waals surface area contributed by atoms with Crippen LogP contribution < -0.4 is 5.32 Å². The molecule has 6 nitrogen and oxygen atoms in total. The fourth-order valence-electron chi connectivity index (χ4n) is 2.21.